The molecule has 0 saturated heterocycles. The first-order valence-electron chi connectivity index (χ1n) is 9.80. The number of para-hydroxylation sites is 2. The number of amides is 2. The average molecular weight is 394 g/mol. The van der Waals surface area contributed by atoms with Gasteiger partial charge in [-0.15, -0.1) is 0 Å². The van der Waals surface area contributed by atoms with Gasteiger partial charge in [-0.05, 0) is 59.7 Å². The van der Waals surface area contributed by atoms with Gasteiger partial charge in [-0.3, -0.25) is 4.90 Å². The summed E-state index contributed by atoms with van der Waals surface area (Å²) >= 11 is 1.70. The van der Waals surface area contributed by atoms with Crippen molar-refractivity contribution in [1.29, 1.82) is 0 Å². The Morgan fingerprint density at radius 3 is 2.14 bits per heavy atom. The zero-order valence-corrected chi connectivity index (χ0v) is 16.5. The minimum Gasteiger partial charge on any atom is -0.307 e. The molecular weight excluding hydrogens is 376 g/mol. The third-order valence-corrected chi connectivity index (χ3v) is 6.88. The number of fused-ring (bicyclic) bond motifs is 2. The van der Waals surface area contributed by atoms with E-state index in [4.69, 9.17) is 0 Å². The van der Waals surface area contributed by atoms with Crippen molar-refractivity contribution in [3.63, 3.8) is 0 Å². The maximum atomic E-state index is 13.5. The fourth-order valence-corrected chi connectivity index (χ4v) is 5.51. The maximum Gasteiger partial charge on any atom is 0.331 e. The van der Waals surface area contributed by atoms with Gasteiger partial charge in [0.2, 0.25) is 0 Å². The van der Waals surface area contributed by atoms with Crippen LogP contribution in [-0.4, -0.2) is 6.03 Å². The van der Waals surface area contributed by atoms with E-state index in [-0.39, 0.29) is 6.03 Å². The van der Waals surface area contributed by atoms with Crippen LogP contribution in [-0.2, 0) is 12.8 Å². The zero-order chi connectivity index (χ0) is 19.4. The zero-order valence-electron chi connectivity index (χ0n) is 15.7. The Hall–Kier alpha value is -3.24. The highest BCUT2D eigenvalue weighted by Crippen LogP contribution is 2.48. The van der Waals surface area contributed by atoms with Crippen molar-refractivity contribution in [2.45, 2.75) is 22.6 Å². The minimum absolute atomic E-state index is 0.135. The quantitative estimate of drug-likeness (QED) is 0.386. The number of benzene rings is 4. The van der Waals surface area contributed by atoms with E-state index in [9.17, 15) is 4.79 Å². The molecule has 2 amide bonds. The molecule has 6 rings (SSSR count). The van der Waals surface area contributed by atoms with Gasteiger partial charge in [0.1, 0.15) is 0 Å². The summed E-state index contributed by atoms with van der Waals surface area (Å²) in [6.07, 6.45) is 2.16. The number of carbonyl (C=O) groups excluding carboxylic acids is 1. The molecule has 3 nitrogen and oxygen atoms in total. The molecule has 4 heteroatoms. The monoisotopic (exact) mass is 394 g/mol. The summed E-state index contributed by atoms with van der Waals surface area (Å²) in [6, 6.07) is 26.6. The fraction of sp³-hybridized carbons (Fsp3) is 0.0800. The molecule has 0 aromatic heterocycles. The second-order valence-electron chi connectivity index (χ2n) is 7.42. The number of hydrogen-bond acceptors (Lipinski definition) is 2. The molecule has 140 valence electrons. The van der Waals surface area contributed by atoms with Crippen LogP contribution >= 0.6 is 11.8 Å². The maximum absolute atomic E-state index is 13.5. The largest absolute Gasteiger partial charge is 0.331 e. The predicted octanol–water partition coefficient (Wildman–Crippen LogP) is 6.77. The molecule has 4 aromatic carbocycles. The Balaban J connectivity index is 1.45. The highest BCUT2D eigenvalue weighted by Gasteiger charge is 2.28. The lowest BCUT2D eigenvalue weighted by atomic mass is 10.0. The van der Waals surface area contributed by atoms with Crippen LogP contribution in [0.3, 0.4) is 0 Å². The molecule has 1 N–H and O–H groups in total. The van der Waals surface area contributed by atoms with Crippen molar-refractivity contribution in [2.75, 3.05) is 10.2 Å². The van der Waals surface area contributed by atoms with E-state index in [0.717, 1.165) is 45.1 Å². The Kier molecular flexibility index (Phi) is 3.68. The van der Waals surface area contributed by atoms with Crippen molar-refractivity contribution >= 4 is 45.6 Å². The highest BCUT2D eigenvalue weighted by atomic mass is 32.2. The Labute approximate surface area is 173 Å². The van der Waals surface area contributed by atoms with Gasteiger partial charge in [-0.1, -0.05) is 60.3 Å². The van der Waals surface area contributed by atoms with Crippen LogP contribution in [0.5, 0.6) is 0 Å². The summed E-state index contributed by atoms with van der Waals surface area (Å²) in [5, 5.41) is 5.63. The van der Waals surface area contributed by atoms with Gasteiger partial charge in [0, 0.05) is 15.2 Å². The summed E-state index contributed by atoms with van der Waals surface area (Å²) in [4.78, 5) is 17.5. The summed E-state index contributed by atoms with van der Waals surface area (Å²) < 4.78 is 0. The Morgan fingerprint density at radius 2 is 1.41 bits per heavy atom. The Morgan fingerprint density at radius 1 is 0.759 bits per heavy atom. The first-order valence-corrected chi connectivity index (χ1v) is 10.6. The average Bonchev–Trinajstić information content (AvgIpc) is 3.18. The van der Waals surface area contributed by atoms with Gasteiger partial charge >= 0.3 is 6.03 Å². The van der Waals surface area contributed by atoms with Crippen molar-refractivity contribution < 1.29 is 4.79 Å². The van der Waals surface area contributed by atoms with Crippen LogP contribution < -0.4 is 10.2 Å². The second kappa shape index (κ2) is 6.39. The van der Waals surface area contributed by atoms with Gasteiger partial charge in [-0.2, -0.15) is 0 Å². The van der Waals surface area contributed by atoms with Crippen molar-refractivity contribution in [3.8, 4) is 0 Å². The number of anilines is 3. The normalized spacial score (nSPS) is 13.9. The smallest absolute Gasteiger partial charge is 0.307 e. The molecule has 2 aliphatic rings. The van der Waals surface area contributed by atoms with Crippen LogP contribution in [0.4, 0.5) is 21.9 Å². The molecule has 4 aromatic rings. The van der Waals surface area contributed by atoms with E-state index >= 15 is 0 Å². The van der Waals surface area contributed by atoms with Crippen LogP contribution in [0.25, 0.3) is 10.8 Å². The number of carbonyl (C=O) groups is 1. The Bertz CT molecular complexity index is 1240. The van der Waals surface area contributed by atoms with E-state index in [0.29, 0.717) is 0 Å². The lowest BCUT2D eigenvalue weighted by Gasteiger charge is -2.31. The van der Waals surface area contributed by atoms with Gasteiger partial charge < -0.3 is 5.32 Å². The van der Waals surface area contributed by atoms with Crippen LogP contribution in [0.1, 0.15) is 11.1 Å². The molecular formula is C25H18N2OS. The SMILES string of the molecule is O=C(Nc1ccc2c3c(cccc13)CC2)N1c2ccccc2Sc2ccccc21. The molecule has 1 heterocycles. The number of aryl methyl sites for hydroxylation is 2. The molecule has 0 fully saturated rings. The molecule has 0 atom stereocenters. The molecule has 0 unspecified atom stereocenters. The number of nitrogens with zero attached hydrogens (tertiary/aromatic N) is 1. The van der Waals surface area contributed by atoms with Crippen LogP contribution in [0.15, 0.2) is 88.7 Å². The molecule has 0 saturated carbocycles. The topological polar surface area (TPSA) is 32.3 Å². The van der Waals surface area contributed by atoms with E-state index in [2.05, 4.69) is 41.7 Å². The third-order valence-electron chi connectivity index (χ3n) is 5.75. The molecule has 1 aliphatic heterocycles. The van der Waals surface area contributed by atoms with E-state index in [1.54, 1.807) is 16.7 Å². The van der Waals surface area contributed by atoms with E-state index in [1.807, 2.05) is 42.5 Å². The summed E-state index contributed by atoms with van der Waals surface area (Å²) in [5.41, 5.74) is 5.45. The van der Waals surface area contributed by atoms with Crippen molar-refractivity contribution in [3.05, 3.63) is 90.0 Å². The van der Waals surface area contributed by atoms with Gasteiger partial charge in [0.15, 0.2) is 0 Å². The van der Waals surface area contributed by atoms with Crippen LogP contribution in [0, 0.1) is 0 Å². The lowest BCUT2D eigenvalue weighted by molar-refractivity contribution is 0.259. The number of nitrogens with one attached hydrogen (secondary N) is 1. The molecule has 0 bridgehead atoms. The standard InChI is InChI=1S/C25H18N2OS/c28-25(26-19-15-14-17-13-12-16-6-5-7-18(19)24(16)17)27-20-8-1-3-10-22(20)29-23-11-4-2-9-21(23)27/h1-11,14-15H,12-13H2,(H,26,28). The van der Waals surface area contributed by atoms with Crippen LogP contribution in [0.2, 0.25) is 0 Å². The first-order chi connectivity index (χ1) is 14.3. The lowest BCUT2D eigenvalue weighted by Crippen LogP contribution is -2.32. The van der Waals surface area contributed by atoms with E-state index in [1.165, 1.54) is 16.5 Å². The number of hydrogen-bond donors (Lipinski definition) is 1. The molecule has 0 spiro atoms. The number of urea groups is 1. The number of rotatable bonds is 1. The van der Waals surface area contributed by atoms with Crippen molar-refractivity contribution in [1.82, 2.24) is 0 Å². The second-order valence-corrected chi connectivity index (χ2v) is 8.50. The fourth-order valence-electron chi connectivity index (χ4n) is 4.45. The molecule has 29 heavy (non-hydrogen) atoms. The van der Waals surface area contributed by atoms with Crippen molar-refractivity contribution in [2.24, 2.45) is 0 Å². The first kappa shape index (κ1) is 16.7. The molecule has 0 radical (unpaired) electrons. The predicted molar refractivity (Wildman–Crippen MR) is 120 cm³/mol. The van der Waals surface area contributed by atoms with Gasteiger partial charge in [0.05, 0.1) is 17.1 Å². The summed E-state index contributed by atoms with van der Waals surface area (Å²) in [7, 11) is 0. The molecule has 1 aliphatic carbocycles. The van der Waals surface area contributed by atoms with E-state index < -0.39 is 0 Å². The highest BCUT2D eigenvalue weighted by molar-refractivity contribution is 7.99. The summed E-state index contributed by atoms with van der Waals surface area (Å²) in [6.45, 7) is 0. The van der Waals surface area contributed by atoms with Gasteiger partial charge in [0.25, 0.3) is 0 Å². The third kappa shape index (κ3) is 2.56. The van der Waals surface area contributed by atoms with Gasteiger partial charge in [-0.25, -0.2) is 4.79 Å². The minimum atomic E-state index is -0.135. The summed E-state index contributed by atoms with van der Waals surface area (Å²) in [5.74, 6) is 0.